The van der Waals surface area contributed by atoms with Crippen LogP contribution in [0.15, 0.2) is 18.3 Å². The van der Waals surface area contributed by atoms with Crippen LogP contribution in [0.4, 0.5) is 5.69 Å². The molecule has 0 spiro atoms. The minimum Gasteiger partial charge on any atom is -0.464 e. The van der Waals surface area contributed by atoms with E-state index >= 15 is 0 Å². The standard InChI is InChI=1S/C12H13N5O3/c1-6-3-4-7(10(14)18)11(15-6)17-5-8(13)9(16-17)12(19)20-2/h3-5H,13H2,1-2H3,(H2,14,18). The molecule has 2 aromatic heterocycles. The number of pyridine rings is 1. The highest BCUT2D eigenvalue weighted by Crippen LogP contribution is 2.17. The number of hydrogen-bond donors (Lipinski definition) is 2. The van der Waals surface area contributed by atoms with Crippen LogP contribution in [0.3, 0.4) is 0 Å². The van der Waals surface area contributed by atoms with Crippen LogP contribution in [-0.4, -0.2) is 33.8 Å². The van der Waals surface area contributed by atoms with Gasteiger partial charge in [-0.1, -0.05) is 0 Å². The van der Waals surface area contributed by atoms with E-state index in [0.29, 0.717) is 5.69 Å². The number of ether oxygens (including phenoxy) is 1. The molecule has 0 aliphatic heterocycles. The maximum absolute atomic E-state index is 11.5. The summed E-state index contributed by atoms with van der Waals surface area (Å²) in [6.07, 6.45) is 1.38. The summed E-state index contributed by atoms with van der Waals surface area (Å²) in [5.41, 5.74) is 11.9. The first-order valence-corrected chi connectivity index (χ1v) is 5.65. The number of nitrogen functional groups attached to an aromatic ring is 1. The van der Waals surface area contributed by atoms with Crippen LogP contribution in [0.25, 0.3) is 5.82 Å². The normalized spacial score (nSPS) is 10.3. The molecule has 0 saturated carbocycles. The molecule has 0 aromatic carbocycles. The highest BCUT2D eigenvalue weighted by molar-refractivity contribution is 5.96. The number of esters is 1. The van der Waals surface area contributed by atoms with E-state index in [0.717, 1.165) is 0 Å². The van der Waals surface area contributed by atoms with Crippen LogP contribution in [-0.2, 0) is 4.74 Å². The summed E-state index contributed by atoms with van der Waals surface area (Å²) in [5.74, 6) is -1.12. The lowest BCUT2D eigenvalue weighted by atomic mass is 10.2. The Hall–Kier alpha value is -2.90. The van der Waals surface area contributed by atoms with Gasteiger partial charge in [0.2, 0.25) is 0 Å². The van der Waals surface area contributed by atoms with Gasteiger partial charge in [-0.3, -0.25) is 4.79 Å². The van der Waals surface area contributed by atoms with Gasteiger partial charge < -0.3 is 16.2 Å². The van der Waals surface area contributed by atoms with E-state index in [2.05, 4.69) is 14.8 Å². The molecule has 0 aliphatic rings. The third-order valence-corrected chi connectivity index (χ3v) is 2.62. The van der Waals surface area contributed by atoms with Crippen molar-refractivity contribution in [3.63, 3.8) is 0 Å². The van der Waals surface area contributed by atoms with Crippen LogP contribution in [0.2, 0.25) is 0 Å². The maximum Gasteiger partial charge on any atom is 0.360 e. The van der Waals surface area contributed by atoms with Gasteiger partial charge in [-0.25, -0.2) is 14.5 Å². The summed E-state index contributed by atoms with van der Waals surface area (Å²) < 4.78 is 5.79. The molecule has 104 valence electrons. The van der Waals surface area contributed by atoms with E-state index in [1.54, 1.807) is 13.0 Å². The molecule has 0 radical (unpaired) electrons. The highest BCUT2D eigenvalue weighted by atomic mass is 16.5. The quantitative estimate of drug-likeness (QED) is 0.762. The fourth-order valence-electron chi connectivity index (χ4n) is 1.66. The zero-order valence-electron chi connectivity index (χ0n) is 11.0. The van der Waals surface area contributed by atoms with Gasteiger partial charge in [-0.2, -0.15) is 5.10 Å². The molecule has 2 heterocycles. The number of nitrogens with two attached hydrogens (primary N) is 2. The van der Waals surface area contributed by atoms with Gasteiger partial charge >= 0.3 is 5.97 Å². The molecule has 2 rings (SSSR count). The Kier molecular flexibility index (Phi) is 3.38. The van der Waals surface area contributed by atoms with E-state index in [-0.39, 0.29) is 22.8 Å². The summed E-state index contributed by atoms with van der Waals surface area (Å²) in [5, 5.41) is 3.98. The van der Waals surface area contributed by atoms with E-state index in [1.807, 2.05) is 0 Å². The van der Waals surface area contributed by atoms with Crippen molar-refractivity contribution in [2.45, 2.75) is 6.92 Å². The number of methoxy groups -OCH3 is 1. The fourth-order valence-corrected chi connectivity index (χ4v) is 1.66. The molecule has 0 bridgehead atoms. The summed E-state index contributed by atoms with van der Waals surface area (Å²) in [4.78, 5) is 27.1. The Morgan fingerprint density at radius 1 is 1.35 bits per heavy atom. The summed E-state index contributed by atoms with van der Waals surface area (Å²) in [7, 11) is 1.22. The van der Waals surface area contributed by atoms with Gasteiger partial charge in [0, 0.05) is 5.69 Å². The number of hydrogen-bond acceptors (Lipinski definition) is 6. The predicted molar refractivity (Wildman–Crippen MR) is 70.4 cm³/mol. The summed E-state index contributed by atoms with van der Waals surface area (Å²) in [6.45, 7) is 1.75. The number of anilines is 1. The van der Waals surface area contributed by atoms with Crippen molar-refractivity contribution in [1.82, 2.24) is 14.8 Å². The third kappa shape index (κ3) is 2.30. The molecule has 1 amide bonds. The van der Waals surface area contributed by atoms with Crippen LogP contribution in [0.1, 0.15) is 26.5 Å². The number of amides is 1. The molecule has 8 heteroatoms. The SMILES string of the molecule is COC(=O)c1nn(-c2nc(C)ccc2C(N)=O)cc1N. The minimum absolute atomic E-state index is 0.0498. The predicted octanol–water partition coefficient (Wildman–Crippen LogP) is 0.0434. The molecular weight excluding hydrogens is 262 g/mol. The van der Waals surface area contributed by atoms with Crippen LogP contribution in [0, 0.1) is 6.92 Å². The zero-order valence-corrected chi connectivity index (χ0v) is 11.0. The van der Waals surface area contributed by atoms with Gasteiger partial charge in [0.15, 0.2) is 11.5 Å². The second-order valence-corrected chi connectivity index (χ2v) is 4.06. The lowest BCUT2D eigenvalue weighted by molar-refractivity contribution is 0.0594. The monoisotopic (exact) mass is 275 g/mol. The Labute approximate surface area is 114 Å². The zero-order chi connectivity index (χ0) is 14.9. The molecule has 8 nitrogen and oxygen atoms in total. The number of primary amides is 1. The number of aromatic nitrogens is 3. The van der Waals surface area contributed by atoms with Crippen molar-refractivity contribution < 1.29 is 14.3 Å². The molecule has 0 fully saturated rings. The number of carbonyl (C=O) groups is 2. The second-order valence-electron chi connectivity index (χ2n) is 4.06. The molecule has 0 unspecified atom stereocenters. The minimum atomic E-state index is -0.672. The van der Waals surface area contributed by atoms with Gasteiger partial charge in [0.1, 0.15) is 0 Å². The average Bonchev–Trinajstić information content (AvgIpc) is 2.79. The first kappa shape index (κ1) is 13.5. The number of nitrogens with zero attached hydrogens (tertiary/aromatic N) is 3. The van der Waals surface area contributed by atoms with E-state index in [1.165, 1.54) is 24.1 Å². The maximum atomic E-state index is 11.5. The fraction of sp³-hybridized carbons (Fsp3) is 0.167. The van der Waals surface area contributed by atoms with Gasteiger partial charge in [-0.05, 0) is 19.1 Å². The smallest absolute Gasteiger partial charge is 0.360 e. The molecule has 0 atom stereocenters. The number of aryl methyl sites for hydroxylation is 1. The molecule has 0 saturated heterocycles. The Morgan fingerprint density at radius 3 is 2.65 bits per heavy atom. The third-order valence-electron chi connectivity index (χ3n) is 2.62. The van der Waals surface area contributed by atoms with Crippen LogP contribution in [0.5, 0.6) is 0 Å². The summed E-state index contributed by atoms with van der Waals surface area (Å²) in [6, 6.07) is 3.19. The molecule has 0 aliphatic carbocycles. The first-order valence-electron chi connectivity index (χ1n) is 5.65. The lowest BCUT2D eigenvalue weighted by Crippen LogP contribution is -2.17. The number of rotatable bonds is 3. The van der Waals surface area contributed by atoms with Gasteiger partial charge in [0.25, 0.3) is 5.91 Å². The lowest BCUT2D eigenvalue weighted by Gasteiger charge is -2.06. The van der Waals surface area contributed by atoms with E-state index in [4.69, 9.17) is 11.5 Å². The summed E-state index contributed by atoms with van der Waals surface area (Å²) >= 11 is 0. The Balaban J connectivity index is 2.60. The molecule has 20 heavy (non-hydrogen) atoms. The van der Waals surface area contributed by atoms with Crippen LogP contribution < -0.4 is 11.5 Å². The topological polar surface area (TPSA) is 126 Å². The molecular formula is C12H13N5O3. The first-order chi connectivity index (χ1) is 9.43. The van der Waals surface area contributed by atoms with Crippen molar-refractivity contribution in [3.8, 4) is 5.82 Å². The van der Waals surface area contributed by atoms with Crippen LogP contribution >= 0.6 is 0 Å². The van der Waals surface area contributed by atoms with Crippen molar-refractivity contribution in [2.75, 3.05) is 12.8 Å². The highest BCUT2D eigenvalue weighted by Gasteiger charge is 2.19. The largest absolute Gasteiger partial charge is 0.464 e. The number of carbonyl (C=O) groups excluding carboxylic acids is 2. The molecule has 2 aromatic rings. The molecule has 4 N–H and O–H groups in total. The van der Waals surface area contributed by atoms with Crippen molar-refractivity contribution in [3.05, 3.63) is 35.3 Å². The average molecular weight is 275 g/mol. The Bertz CT molecular complexity index is 692. The van der Waals surface area contributed by atoms with Crippen molar-refractivity contribution >= 4 is 17.6 Å². The van der Waals surface area contributed by atoms with Gasteiger partial charge in [0.05, 0.1) is 24.6 Å². The van der Waals surface area contributed by atoms with Crippen molar-refractivity contribution in [1.29, 1.82) is 0 Å². The van der Waals surface area contributed by atoms with E-state index < -0.39 is 11.9 Å². The second kappa shape index (κ2) is 5.00. The van der Waals surface area contributed by atoms with Crippen molar-refractivity contribution in [2.24, 2.45) is 5.73 Å². The Morgan fingerprint density at radius 2 is 2.05 bits per heavy atom. The van der Waals surface area contributed by atoms with Gasteiger partial charge in [-0.15, -0.1) is 0 Å². The van der Waals surface area contributed by atoms with E-state index in [9.17, 15) is 9.59 Å².